The lowest BCUT2D eigenvalue weighted by molar-refractivity contribution is -0.173. The van der Waals surface area contributed by atoms with Gasteiger partial charge in [0.05, 0.1) is 51.8 Å². The fraction of sp³-hybridized carbons (Fsp3) is 1.00. The van der Waals surface area contributed by atoms with E-state index in [1.54, 1.807) is 0 Å². The van der Waals surface area contributed by atoms with Gasteiger partial charge in [-0.15, -0.1) is 0 Å². The molecule has 0 fully saturated rings. The van der Waals surface area contributed by atoms with Crippen LogP contribution in [0.15, 0.2) is 0 Å². The quantitative estimate of drug-likeness (QED) is 0.401. The fourth-order valence-corrected chi connectivity index (χ4v) is 1.26. The predicted molar refractivity (Wildman–Crippen MR) is 71.0 cm³/mol. The van der Waals surface area contributed by atoms with Crippen molar-refractivity contribution in [3.63, 3.8) is 0 Å². The van der Waals surface area contributed by atoms with Gasteiger partial charge in [-0.25, -0.2) is 0 Å². The van der Waals surface area contributed by atoms with E-state index < -0.39 is 6.29 Å². The van der Waals surface area contributed by atoms with Crippen molar-refractivity contribution >= 4 is 0 Å². The van der Waals surface area contributed by atoms with E-state index in [1.807, 2.05) is 20.8 Å². The molecule has 2 N–H and O–H groups in total. The van der Waals surface area contributed by atoms with Crippen LogP contribution in [0.3, 0.4) is 0 Å². The predicted octanol–water partition coefficient (Wildman–Crippen LogP) is 0.552. The molecule has 0 saturated heterocycles. The molecule has 0 aliphatic heterocycles. The molecule has 0 radical (unpaired) electrons. The third-order valence-electron chi connectivity index (χ3n) is 1.98. The summed E-state index contributed by atoms with van der Waals surface area (Å²) in [7, 11) is 0. The lowest BCUT2D eigenvalue weighted by Gasteiger charge is -2.23. The third-order valence-corrected chi connectivity index (χ3v) is 1.98. The SMILES string of the molecule is CC(C)(C)OC(O)CCOCCOCCOCCO. The molecule has 0 aliphatic carbocycles. The molecule has 6 nitrogen and oxygen atoms in total. The maximum atomic E-state index is 9.54. The van der Waals surface area contributed by atoms with Crippen LogP contribution in [0.1, 0.15) is 27.2 Å². The Kier molecular flexibility index (Phi) is 11.4. The van der Waals surface area contributed by atoms with Gasteiger partial charge in [0.2, 0.25) is 0 Å². The maximum absolute atomic E-state index is 9.54. The molecule has 19 heavy (non-hydrogen) atoms. The molecule has 1 unspecified atom stereocenters. The van der Waals surface area contributed by atoms with Crippen LogP contribution in [-0.2, 0) is 18.9 Å². The lowest BCUT2D eigenvalue weighted by Crippen LogP contribution is -2.28. The van der Waals surface area contributed by atoms with Gasteiger partial charge < -0.3 is 29.2 Å². The highest BCUT2D eigenvalue weighted by atomic mass is 16.6. The number of aliphatic hydroxyl groups excluding tert-OH is 2. The lowest BCUT2D eigenvalue weighted by atomic mass is 10.2. The average molecular weight is 280 g/mol. The molecule has 0 bridgehead atoms. The first-order valence-electron chi connectivity index (χ1n) is 6.65. The minimum absolute atomic E-state index is 0.0298. The van der Waals surface area contributed by atoms with Crippen LogP contribution in [0, 0.1) is 0 Å². The molecule has 0 aliphatic rings. The van der Waals surface area contributed by atoms with Crippen LogP contribution >= 0.6 is 0 Å². The van der Waals surface area contributed by atoms with E-state index in [0.717, 1.165) is 0 Å². The molecular formula is C13H28O6. The first-order valence-corrected chi connectivity index (χ1v) is 6.65. The Morgan fingerprint density at radius 3 is 1.79 bits per heavy atom. The molecular weight excluding hydrogens is 252 g/mol. The molecule has 1 atom stereocenters. The highest BCUT2D eigenvalue weighted by molar-refractivity contribution is 4.60. The summed E-state index contributed by atoms with van der Waals surface area (Å²) in [4.78, 5) is 0. The summed E-state index contributed by atoms with van der Waals surface area (Å²) in [5.74, 6) is 0. The van der Waals surface area contributed by atoms with Crippen molar-refractivity contribution in [2.75, 3.05) is 46.2 Å². The van der Waals surface area contributed by atoms with Gasteiger partial charge in [-0.1, -0.05) is 0 Å². The molecule has 0 rings (SSSR count). The van der Waals surface area contributed by atoms with E-state index in [1.165, 1.54) is 0 Å². The van der Waals surface area contributed by atoms with Crippen LogP contribution in [0.2, 0.25) is 0 Å². The Balaban J connectivity index is 3.18. The second-order valence-electron chi connectivity index (χ2n) is 5.03. The molecule has 6 heteroatoms. The minimum Gasteiger partial charge on any atom is -0.394 e. The second-order valence-corrected chi connectivity index (χ2v) is 5.03. The fourth-order valence-electron chi connectivity index (χ4n) is 1.26. The van der Waals surface area contributed by atoms with Gasteiger partial charge in [0.25, 0.3) is 0 Å². The van der Waals surface area contributed by atoms with Gasteiger partial charge >= 0.3 is 0 Å². The van der Waals surface area contributed by atoms with Crippen molar-refractivity contribution in [2.24, 2.45) is 0 Å². The zero-order valence-electron chi connectivity index (χ0n) is 12.3. The third kappa shape index (κ3) is 15.7. The zero-order chi connectivity index (χ0) is 14.6. The number of hydrogen-bond donors (Lipinski definition) is 2. The van der Waals surface area contributed by atoms with Crippen LogP contribution in [-0.4, -0.2) is 68.4 Å². The van der Waals surface area contributed by atoms with Crippen molar-refractivity contribution < 1.29 is 29.2 Å². The molecule has 0 aromatic heterocycles. The Labute approximate surface area is 115 Å². The van der Waals surface area contributed by atoms with Crippen LogP contribution in [0.4, 0.5) is 0 Å². The Hall–Kier alpha value is -0.240. The van der Waals surface area contributed by atoms with Gasteiger partial charge in [0.1, 0.15) is 0 Å². The Morgan fingerprint density at radius 2 is 1.32 bits per heavy atom. The van der Waals surface area contributed by atoms with Crippen molar-refractivity contribution in [3.05, 3.63) is 0 Å². The van der Waals surface area contributed by atoms with Gasteiger partial charge in [-0.2, -0.15) is 0 Å². The first-order chi connectivity index (χ1) is 8.95. The van der Waals surface area contributed by atoms with Crippen molar-refractivity contribution in [2.45, 2.75) is 39.1 Å². The molecule has 0 heterocycles. The maximum Gasteiger partial charge on any atom is 0.157 e. The summed E-state index contributed by atoms with van der Waals surface area (Å²) < 4.78 is 20.9. The van der Waals surface area contributed by atoms with Crippen molar-refractivity contribution in [1.82, 2.24) is 0 Å². The van der Waals surface area contributed by atoms with Crippen molar-refractivity contribution in [1.29, 1.82) is 0 Å². The van der Waals surface area contributed by atoms with E-state index in [4.69, 9.17) is 24.1 Å². The Bertz CT molecular complexity index is 192. The largest absolute Gasteiger partial charge is 0.394 e. The first kappa shape index (κ1) is 18.8. The molecule has 116 valence electrons. The number of rotatable bonds is 12. The van der Waals surface area contributed by atoms with Gasteiger partial charge in [0.15, 0.2) is 6.29 Å². The summed E-state index contributed by atoms with van der Waals surface area (Å²) in [6.45, 7) is 8.39. The standard InChI is InChI=1S/C13H28O6/c1-13(2,3)19-12(15)4-6-16-8-10-18-11-9-17-7-5-14/h12,14-15H,4-11H2,1-3H3. The van der Waals surface area contributed by atoms with Gasteiger partial charge in [0, 0.05) is 6.42 Å². The molecule has 0 amide bonds. The van der Waals surface area contributed by atoms with E-state index in [0.29, 0.717) is 46.1 Å². The molecule has 0 aromatic carbocycles. The van der Waals surface area contributed by atoms with Crippen LogP contribution in [0.5, 0.6) is 0 Å². The summed E-state index contributed by atoms with van der Waals surface area (Å²) in [5.41, 5.74) is -0.350. The summed E-state index contributed by atoms with van der Waals surface area (Å²) >= 11 is 0. The molecule has 0 saturated carbocycles. The summed E-state index contributed by atoms with van der Waals surface area (Å²) in [6, 6.07) is 0. The summed E-state index contributed by atoms with van der Waals surface area (Å²) in [5, 5.41) is 18.0. The number of aliphatic hydroxyl groups is 2. The highest BCUT2D eigenvalue weighted by Gasteiger charge is 2.15. The van der Waals surface area contributed by atoms with E-state index in [2.05, 4.69) is 0 Å². The number of ether oxygens (including phenoxy) is 4. The highest BCUT2D eigenvalue weighted by Crippen LogP contribution is 2.11. The summed E-state index contributed by atoms with van der Waals surface area (Å²) in [6.07, 6.45) is -0.357. The van der Waals surface area contributed by atoms with Crippen LogP contribution in [0.25, 0.3) is 0 Å². The molecule has 0 aromatic rings. The number of hydrogen-bond acceptors (Lipinski definition) is 6. The average Bonchev–Trinajstić information content (AvgIpc) is 2.29. The second kappa shape index (κ2) is 11.6. The smallest absolute Gasteiger partial charge is 0.157 e. The van der Waals surface area contributed by atoms with E-state index in [9.17, 15) is 5.11 Å². The normalized spacial score (nSPS) is 13.7. The minimum atomic E-state index is -0.798. The molecule has 0 spiro atoms. The van der Waals surface area contributed by atoms with Gasteiger partial charge in [-0.3, -0.25) is 0 Å². The Morgan fingerprint density at radius 1 is 0.842 bits per heavy atom. The monoisotopic (exact) mass is 280 g/mol. The van der Waals surface area contributed by atoms with Crippen LogP contribution < -0.4 is 0 Å². The topological polar surface area (TPSA) is 77.4 Å². The van der Waals surface area contributed by atoms with Crippen molar-refractivity contribution in [3.8, 4) is 0 Å². The van der Waals surface area contributed by atoms with E-state index in [-0.39, 0.29) is 12.2 Å². The zero-order valence-corrected chi connectivity index (χ0v) is 12.3. The van der Waals surface area contributed by atoms with Gasteiger partial charge in [-0.05, 0) is 20.8 Å². The van der Waals surface area contributed by atoms with E-state index >= 15 is 0 Å².